The lowest BCUT2D eigenvalue weighted by Gasteiger charge is -2.36. The van der Waals surface area contributed by atoms with E-state index in [1.165, 1.54) is 95.2 Å². The number of nitrogens with two attached hydrogens (primary N) is 2. The first-order valence-corrected chi connectivity index (χ1v) is 46.7. The van der Waals surface area contributed by atoms with Crippen molar-refractivity contribution < 1.29 is 102 Å². The number of carbonyl (C=O) groups is 4. The number of fused-ring (bicyclic) bond motifs is 5. The van der Waals surface area contributed by atoms with Crippen molar-refractivity contribution in [2.45, 2.75) is 137 Å². The molecule has 688 valence electrons. The lowest BCUT2D eigenvalue weighted by atomic mass is 9.78. The number of rotatable bonds is 21. The molecule has 0 aliphatic carbocycles. The van der Waals surface area contributed by atoms with E-state index in [4.69, 9.17) is 59.6 Å². The Balaban J connectivity index is 0.000000138. The number of hydrogen-bond donors (Lipinski definition) is 3. The van der Waals surface area contributed by atoms with Crippen molar-refractivity contribution in [3.05, 3.63) is 248 Å². The molecule has 0 aromatic heterocycles. The number of esters is 2. The Kier molecular flexibility index (Phi) is 31.7. The van der Waals surface area contributed by atoms with Gasteiger partial charge in [-0.15, -0.1) is 47.0 Å². The maximum Gasteiger partial charge on any atom is 0.312 e. The molecule has 0 radical (unpaired) electrons. The van der Waals surface area contributed by atoms with Crippen molar-refractivity contribution in [1.29, 1.82) is 0 Å². The van der Waals surface area contributed by atoms with Crippen LogP contribution in [0.2, 0.25) is 0 Å². The van der Waals surface area contributed by atoms with Gasteiger partial charge in [-0.1, -0.05) is 127 Å². The standard InChI is InChI=1S/C21H19F2NO2S.C21H20FNO3S.C19H22F2N2O5S.C19H24F2N2O3S.C13H14F2N2OS/c22-11-19-16-12-27-20(10-18(25)14-6-2-1-3-7-14)24-21(16,13-26-19)15-8-4-5-9-17(15)23;22-17-9-5-4-8-15(17)21-13-26-19(11-24)16(21)12-27-20(23-21)10-18(25)14-6-2-1-3-7-14;1-18(2,3)28-17(24)7-16-22-19(10-27-15(8-20)13(19)9-29-16)12-6-11(23(25)26)4-5-14(12)21;1-18(2,3)26-17(24)7-16-23-19(12-6-11(22)4-5-14(12)21)10-25-15(8-20)13(19)9-27-16;14-5-11-9-6-19-12(16)17-13(9,7-18-11)8-3-1-2-4-10(8)15/h1-9,16,19H,10-13H2;1-9,16,19,24H,10-13H2;4-6,13,15H,7-10H2,1-3H3;4-6,13,15H,7-10,22H2,1-3H3;1-4,9,11H,5-7H2,(H2,16,17)/t2*16-,19-,21-;2*13-,15-,19-;9-,11-,13-/m11111/s1. The Labute approximate surface area is 762 Å². The van der Waals surface area contributed by atoms with Crippen LogP contribution in [0, 0.1) is 68.8 Å². The molecule has 22 nitrogen and oxygen atoms in total. The summed E-state index contributed by atoms with van der Waals surface area (Å²) in [6.45, 7) is 8.22. The second-order valence-electron chi connectivity index (χ2n) is 34.3. The average molecular weight is 1880 g/mol. The van der Waals surface area contributed by atoms with E-state index in [1.807, 2.05) is 36.4 Å². The fourth-order valence-electron chi connectivity index (χ4n) is 17.6. The van der Waals surface area contributed by atoms with Gasteiger partial charge in [0.1, 0.15) is 94.7 Å². The normalized spacial score (nSPS) is 28.1. The van der Waals surface area contributed by atoms with Crippen LogP contribution < -0.4 is 11.5 Å². The van der Waals surface area contributed by atoms with Crippen LogP contribution in [0.3, 0.4) is 0 Å². The maximum absolute atomic E-state index is 14.8. The summed E-state index contributed by atoms with van der Waals surface area (Å²) in [5.74, 6) is -2.02. The highest BCUT2D eigenvalue weighted by atomic mass is 32.2. The number of aliphatic hydroxyl groups is 1. The number of carbonyl (C=O) groups excluding carboxylic acids is 4. The minimum absolute atomic E-state index is 0.0124. The topological polar surface area (TPSA) is 310 Å². The highest BCUT2D eigenvalue weighted by Crippen LogP contribution is 2.55. The molecular formula is C93H99F9N8O14S5. The average Bonchev–Trinajstić information content (AvgIpc) is 1.63. The zero-order valence-electron chi connectivity index (χ0n) is 71.4. The quantitative estimate of drug-likeness (QED) is 0.0150. The molecule has 10 aliphatic heterocycles. The minimum Gasteiger partial charge on any atom is -0.460 e. The lowest BCUT2D eigenvalue weighted by molar-refractivity contribution is -0.385. The van der Waals surface area contributed by atoms with Crippen LogP contribution in [0.1, 0.15) is 116 Å². The van der Waals surface area contributed by atoms with Gasteiger partial charge in [-0.2, -0.15) is 0 Å². The fourth-order valence-corrected chi connectivity index (χ4v) is 24.0. The molecule has 129 heavy (non-hydrogen) atoms. The zero-order chi connectivity index (χ0) is 92.4. The summed E-state index contributed by atoms with van der Waals surface area (Å²) < 4.78 is 165. The molecule has 10 aliphatic rings. The number of halogens is 9. The minimum atomic E-state index is -1.32. The van der Waals surface area contributed by atoms with Crippen molar-refractivity contribution in [3.63, 3.8) is 0 Å². The molecule has 10 heterocycles. The summed E-state index contributed by atoms with van der Waals surface area (Å²) in [5.41, 5.74) is 8.17. The van der Waals surface area contributed by atoms with Crippen molar-refractivity contribution >= 4 is 119 Å². The number of ether oxygens (including phenoxy) is 7. The molecule has 5 fully saturated rings. The van der Waals surface area contributed by atoms with Crippen LogP contribution in [0.4, 0.5) is 50.9 Å². The summed E-state index contributed by atoms with van der Waals surface area (Å²) in [6.07, 6.45) is -2.78. The summed E-state index contributed by atoms with van der Waals surface area (Å²) in [5, 5.41) is 23.5. The van der Waals surface area contributed by atoms with Crippen molar-refractivity contribution in [3.8, 4) is 0 Å². The molecule has 0 unspecified atom stereocenters. The monoisotopic (exact) mass is 1880 g/mol. The zero-order valence-corrected chi connectivity index (χ0v) is 75.5. The molecule has 0 amide bonds. The van der Waals surface area contributed by atoms with Gasteiger partial charge in [0, 0.05) is 115 Å². The largest absolute Gasteiger partial charge is 0.460 e. The Hall–Kier alpha value is -8.95. The Morgan fingerprint density at radius 2 is 0.705 bits per heavy atom. The molecule has 17 rings (SSSR count). The molecule has 7 aromatic rings. The number of amidine groups is 1. The second-order valence-corrected chi connectivity index (χ2v) is 39.7. The Bertz CT molecular complexity index is 5250. The first-order valence-electron chi connectivity index (χ1n) is 41.8. The van der Waals surface area contributed by atoms with Crippen LogP contribution in [-0.2, 0) is 70.4 Å². The predicted octanol–water partition coefficient (Wildman–Crippen LogP) is 17.2. The Morgan fingerprint density at radius 3 is 1.05 bits per heavy atom. The van der Waals surface area contributed by atoms with Gasteiger partial charge in [-0.3, -0.25) is 49.3 Å². The number of aliphatic imine (C=N–C) groups is 5. The number of benzene rings is 7. The van der Waals surface area contributed by atoms with E-state index in [-0.39, 0.29) is 141 Å². The highest BCUT2D eigenvalue weighted by Gasteiger charge is 2.60. The van der Waals surface area contributed by atoms with E-state index in [1.54, 1.807) is 120 Å². The van der Waals surface area contributed by atoms with E-state index in [2.05, 4.69) is 9.98 Å². The van der Waals surface area contributed by atoms with E-state index >= 15 is 0 Å². The Morgan fingerprint density at radius 1 is 0.411 bits per heavy atom. The molecule has 5 N–H and O–H groups in total. The van der Waals surface area contributed by atoms with Crippen molar-refractivity contribution in [2.75, 3.05) is 101 Å². The van der Waals surface area contributed by atoms with Crippen LogP contribution in [0.15, 0.2) is 195 Å². The molecule has 5 saturated heterocycles. The van der Waals surface area contributed by atoms with E-state index in [0.29, 0.717) is 87.6 Å². The van der Waals surface area contributed by atoms with Gasteiger partial charge in [0.2, 0.25) is 0 Å². The van der Waals surface area contributed by atoms with Crippen LogP contribution in [0.5, 0.6) is 0 Å². The van der Waals surface area contributed by atoms with Crippen molar-refractivity contribution in [2.24, 2.45) is 60.3 Å². The third kappa shape index (κ3) is 21.7. The van der Waals surface area contributed by atoms with E-state index in [9.17, 15) is 73.9 Å². The number of ketones is 2. The fraction of sp³-hybridized carbons (Fsp3) is 0.452. The lowest BCUT2D eigenvalue weighted by Crippen LogP contribution is -2.42. The molecule has 36 heteroatoms. The van der Waals surface area contributed by atoms with Crippen LogP contribution in [-0.4, -0.2) is 196 Å². The van der Waals surface area contributed by atoms with Crippen molar-refractivity contribution in [1.82, 2.24) is 0 Å². The third-order valence-corrected chi connectivity index (χ3v) is 29.1. The summed E-state index contributed by atoms with van der Waals surface area (Å²) in [4.78, 5) is 83.5. The third-order valence-electron chi connectivity index (χ3n) is 23.8. The molecule has 0 spiro atoms. The molecule has 15 atom stereocenters. The number of nitrogen functional groups attached to an aromatic ring is 1. The number of nitro benzene ring substituents is 1. The number of nitro groups is 1. The van der Waals surface area contributed by atoms with E-state index in [0.717, 1.165) is 18.2 Å². The number of alkyl halides is 4. The van der Waals surface area contributed by atoms with Crippen LogP contribution >= 0.6 is 58.8 Å². The van der Waals surface area contributed by atoms with Gasteiger partial charge in [-0.05, 0) is 84.0 Å². The summed E-state index contributed by atoms with van der Waals surface area (Å²) >= 11 is 6.94. The van der Waals surface area contributed by atoms with Gasteiger partial charge < -0.3 is 49.7 Å². The highest BCUT2D eigenvalue weighted by molar-refractivity contribution is 8.15. The molecule has 7 aromatic carbocycles. The number of non-ortho nitro benzene ring substituents is 1. The first-order chi connectivity index (χ1) is 61.6. The number of nitrogens with zero attached hydrogens (tertiary/aromatic N) is 6. The molecular weight excluding hydrogens is 1780 g/mol. The van der Waals surface area contributed by atoms with Gasteiger partial charge in [0.25, 0.3) is 5.69 Å². The number of Topliss-reactive ketones (excluding diaryl/α,β-unsaturated/α-hetero) is 2. The van der Waals surface area contributed by atoms with Crippen LogP contribution in [0.25, 0.3) is 0 Å². The van der Waals surface area contributed by atoms with Gasteiger partial charge >= 0.3 is 11.9 Å². The molecule has 0 bridgehead atoms. The summed E-state index contributed by atoms with van der Waals surface area (Å²) in [6, 6.07) is 45.0. The number of hydrogen-bond acceptors (Lipinski definition) is 26. The maximum atomic E-state index is 14.8. The predicted molar refractivity (Wildman–Crippen MR) is 484 cm³/mol. The summed E-state index contributed by atoms with van der Waals surface area (Å²) in [7, 11) is 0. The first kappa shape index (κ1) is 97.6. The van der Waals surface area contributed by atoms with E-state index < -0.39 is 124 Å². The molecule has 0 saturated carbocycles. The number of aliphatic hydroxyl groups excluding tert-OH is 1. The number of anilines is 1. The van der Waals surface area contributed by atoms with Gasteiger partial charge in [0.05, 0.1) is 121 Å². The van der Waals surface area contributed by atoms with Gasteiger partial charge in [0.15, 0.2) is 16.7 Å². The SMILES string of the molecule is CC(C)(C)OC(=O)CC1=N[C@@]2(c3cc(N)ccc3F)CO[C@H](CF)[C@H]2CS1.CC(C)(C)OC(=O)CC1=N[C@@]2(c3cc([N+](=O)[O-])ccc3F)CO[C@H](CF)[C@H]2CS1.NC1=N[C@@]2(c3ccccc3F)CO[C@H](CF)[C@H]2CS1.O=C(CC1=N[C@@]2(c3ccccc3F)CO[C@H](CF)[C@H]2CS1)c1ccccc1.O=C(CC1=N[C@@]2(c3ccccc3F)CO[C@H](CO)[C@H]2CS1)c1ccccc1. The number of thioether (sulfide) groups is 5. The second kappa shape index (κ2) is 41.9. The smallest absolute Gasteiger partial charge is 0.312 e. The van der Waals surface area contributed by atoms with Gasteiger partial charge in [-0.25, -0.2) is 44.5 Å².